The van der Waals surface area contributed by atoms with Crippen molar-refractivity contribution < 1.29 is 9.72 Å². The van der Waals surface area contributed by atoms with Crippen molar-refractivity contribution in [1.29, 1.82) is 0 Å². The fourth-order valence-electron chi connectivity index (χ4n) is 1.73. The number of halogens is 1. The summed E-state index contributed by atoms with van der Waals surface area (Å²) in [6.07, 6.45) is 2.94. The molecular weight excluding hydrogens is 312 g/mol. The lowest BCUT2D eigenvalue weighted by Crippen LogP contribution is -2.15. The van der Waals surface area contributed by atoms with Crippen molar-refractivity contribution in [2.45, 2.75) is 19.9 Å². The highest BCUT2D eigenvalue weighted by molar-refractivity contribution is 5.90. The summed E-state index contributed by atoms with van der Waals surface area (Å²) >= 11 is 0. The molecular formula is C12H15ClN6O3. The van der Waals surface area contributed by atoms with Gasteiger partial charge in [0.25, 0.3) is 0 Å². The van der Waals surface area contributed by atoms with E-state index in [-0.39, 0.29) is 30.6 Å². The van der Waals surface area contributed by atoms with Crippen LogP contribution in [0.4, 0.5) is 17.3 Å². The predicted molar refractivity (Wildman–Crippen MR) is 82.8 cm³/mol. The average Bonchev–Trinajstić information content (AvgIpc) is 2.81. The molecule has 2 rings (SSSR count). The van der Waals surface area contributed by atoms with Crippen LogP contribution in [0, 0.1) is 17.0 Å². The molecule has 0 saturated heterocycles. The first-order valence-electron chi connectivity index (χ1n) is 6.15. The van der Waals surface area contributed by atoms with E-state index < -0.39 is 4.92 Å². The van der Waals surface area contributed by atoms with Crippen LogP contribution in [0.15, 0.2) is 24.5 Å². The first kappa shape index (κ1) is 17.4. The van der Waals surface area contributed by atoms with Crippen LogP contribution in [0.2, 0.25) is 0 Å². The third-order valence-corrected chi connectivity index (χ3v) is 2.80. The average molecular weight is 327 g/mol. The van der Waals surface area contributed by atoms with Crippen LogP contribution in [0.1, 0.15) is 12.2 Å². The molecule has 0 saturated carbocycles. The van der Waals surface area contributed by atoms with Crippen LogP contribution < -0.4 is 11.1 Å². The number of anilines is 2. The number of nitrogen functional groups attached to an aromatic ring is 1. The molecule has 0 aliphatic rings. The van der Waals surface area contributed by atoms with Crippen LogP contribution in [0.5, 0.6) is 0 Å². The summed E-state index contributed by atoms with van der Waals surface area (Å²) in [5.74, 6) is 0.408. The molecule has 2 aromatic rings. The molecule has 2 heterocycles. The number of nitrogens with one attached hydrogen (secondary N) is 1. The summed E-state index contributed by atoms with van der Waals surface area (Å²) in [5.41, 5.74) is 5.99. The molecule has 0 atom stereocenters. The molecule has 0 unspecified atom stereocenters. The number of rotatable bonds is 5. The molecule has 0 spiro atoms. The second-order valence-electron chi connectivity index (χ2n) is 4.37. The Morgan fingerprint density at radius 1 is 1.50 bits per heavy atom. The maximum Gasteiger partial charge on any atom is 0.381 e. The number of carbonyl (C=O) groups excluding carboxylic acids is 1. The summed E-state index contributed by atoms with van der Waals surface area (Å²) in [6, 6.07) is 3.23. The van der Waals surface area contributed by atoms with Crippen molar-refractivity contribution in [3.8, 4) is 0 Å². The number of nitrogens with zero attached hydrogens (tertiary/aromatic N) is 4. The van der Waals surface area contributed by atoms with Gasteiger partial charge in [-0.25, -0.2) is 4.98 Å². The molecule has 0 aliphatic carbocycles. The molecule has 118 valence electrons. The lowest BCUT2D eigenvalue weighted by Gasteiger charge is -2.05. The summed E-state index contributed by atoms with van der Waals surface area (Å²) in [4.78, 5) is 29.5. The zero-order valence-corrected chi connectivity index (χ0v) is 12.5. The minimum atomic E-state index is -0.566. The van der Waals surface area contributed by atoms with Crippen molar-refractivity contribution in [3.63, 3.8) is 0 Å². The number of nitro groups is 1. The molecule has 0 radical (unpaired) electrons. The smallest absolute Gasteiger partial charge is 0.381 e. The molecule has 1 amide bonds. The molecule has 9 nitrogen and oxygen atoms in total. The van der Waals surface area contributed by atoms with Crippen LogP contribution >= 0.6 is 12.4 Å². The number of aryl methyl sites for hydroxylation is 2. The maximum atomic E-state index is 11.8. The number of hydrogen-bond donors (Lipinski definition) is 2. The number of hydrogen-bond acceptors (Lipinski definition) is 6. The molecule has 10 heteroatoms. The van der Waals surface area contributed by atoms with E-state index in [2.05, 4.69) is 15.3 Å². The SMILES string of the molecule is Cc1nc([N+](=O)[O-])cn1CCC(=O)Nc1ccc(N)nc1.Cl. The fraction of sp³-hybridized carbons (Fsp3) is 0.250. The van der Waals surface area contributed by atoms with Gasteiger partial charge in [-0.05, 0) is 22.0 Å². The fourth-order valence-corrected chi connectivity index (χ4v) is 1.73. The monoisotopic (exact) mass is 326 g/mol. The zero-order valence-electron chi connectivity index (χ0n) is 11.7. The molecule has 0 fully saturated rings. The summed E-state index contributed by atoms with van der Waals surface area (Å²) in [7, 11) is 0. The van der Waals surface area contributed by atoms with Crippen LogP contribution in [0.3, 0.4) is 0 Å². The van der Waals surface area contributed by atoms with E-state index in [0.717, 1.165) is 0 Å². The van der Waals surface area contributed by atoms with Crippen molar-refractivity contribution in [3.05, 3.63) is 40.5 Å². The molecule has 3 N–H and O–H groups in total. The van der Waals surface area contributed by atoms with E-state index in [0.29, 0.717) is 23.9 Å². The third kappa shape index (κ3) is 4.42. The Morgan fingerprint density at radius 2 is 2.23 bits per heavy atom. The van der Waals surface area contributed by atoms with Gasteiger partial charge in [0.2, 0.25) is 11.7 Å². The van der Waals surface area contributed by atoms with Crippen molar-refractivity contribution >= 4 is 35.6 Å². The van der Waals surface area contributed by atoms with Crippen molar-refractivity contribution in [2.75, 3.05) is 11.1 Å². The normalized spacial score (nSPS) is 9.86. The first-order valence-corrected chi connectivity index (χ1v) is 6.15. The van der Waals surface area contributed by atoms with Gasteiger partial charge in [0.1, 0.15) is 12.0 Å². The van der Waals surface area contributed by atoms with Crippen LogP contribution in [0.25, 0.3) is 0 Å². The Morgan fingerprint density at radius 3 is 2.77 bits per heavy atom. The van der Waals surface area contributed by atoms with Gasteiger partial charge < -0.3 is 25.7 Å². The van der Waals surface area contributed by atoms with Gasteiger partial charge in [-0.15, -0.1) is 12.4 Å². The summed E-state index contributed by atoms with van der Waals surface area (Å²) in [6.45, 7) is 1.95. The van der Waals surface area contributed by atoms with Gasteiger partial charge in [-0.2, -0.15) is 0 Å². The molecule has 22 heavy (non-hydrogen) atoms. The molecule has 0 bridgehead atoms. The lowest BCUT2D eigenvalue weighted by atomic mass is 10.3. The molecule has 0 aliphatic heterocycles. The highest BCUT2D eigenvalue weighted by Gasteiger charge is 2.15. The first-order chi connectivity index (χ1) is 9.95. The zero-order chi connectivity index (χ0) is 15.4. The van der Waals surface area contributed by atoms with Gasteiger partial charge in [-0.1, -0.05) is 0 Å². The van der Waals surface area contributed by atoms with Crippen molar-refractivity contribution in [2.24, 2.45) is 0 Å². The second kappa shape index (κ2) is 7.36. The number of amides is 1. The van der Waals surface area contributed by atoms with Gasteiger partial charge in [0.15, 0.2) is 0 Å². The third-order valence-electron chi connectivity index (χ3n) is 2.80. The highest BCUT2D eigenvalue weighted by Crippen LogP contribution is 2.12. The summed E-state index contributed by atoms with van der Waals surface area (Å²) < 4.78 is 1.57. The van der Waals surface area contributed by atoms with E-state index in [1.54, 1.807) is 23.6 Å². The Bertz CT molecular complexity index is 670. The topological polar surface area (TPSA) is 129 Å². The number of pyridine rings is 1. The Hall–Kier alpha value is -2.68. The van der Waals surface area contributed by atoms with E-state index >= 15 is 0 Å². The van der Waals surface area contributed by atoms with E-state index in [9.17, 15) is 14.9 Å². The number of imidazole rings is 1. The van der Waals surface area contributed by atoms with E-state index in [1.165, 1.54) is 12.4 Å². The predicted octanol–water partition coefficient (Wildman–Crippen LogP) is 1.53. The van der Waals surface area contributed by atoms with Crippen LogP contribution in [-0.4, -0.2) is 25.4 Å². The van der Waals surface area contributed by atoms with Gasteiger partial charge in [0, 0.05) is 19.9 Å². The molecule has 2 aromatic heterocycles. The Kier molecular flexibility index (Phi) is 5.81. The largest absolute Gasteiger partial charge is 0.384 e. The van der Waals surface area contributed by atoms with Gasteiger partial charge >= 0.3 is 5.82 Å². The van der Waals surface area contributed by atoms with Crippen molar-refractivity contribution in [1.82, 2.24) is 14.5 Å². The number of aromatic nitrogens is 3. The number of nitrogens with two attached hydrogens (primary N) is 1. The second-order valence-corrected chi connectivity index (χ2v) is 4.37. The Balaban J connectivity index is 0.00000242. The van der Waals surface area contributed by atoms with E-state index in [4.69, 9.17) is 5.73 Å². The van der Waals surface area contributed by atoms with Gasteiger partial charge in [-0.3, -0.25) is 4.79 Å². The standard InChI is InChI=1S/C12H14N6O3.ClH/c1-8-15-11(18(20)21)7-17(8)5-4-12(19)16-9-2-3-10(13)14-6-9;/h2-3,6-7H,4-5H2,1H3,(H2,13,14)(H,16,19);1H. The summed E-state index contributed by atoms with van der Waals surface area (Å²) in [5, 5.41) is 13.3. The minimum absolute atomic E-state index is 0. The van der Waals surface area contributed by atoms with E-state index in [1.807, 2.05) is 0 Å². The highest BCUT2D eigenvalue weighted by atomic mass is 35.5. The minimum Gasteiger partial charge on any atom is -0.384 e. The molecule has 0 aromatic carbocycles. The quantitative estimate of drug-likeness (QED) is 0.633. The van der Waals surface area contributed by atoms with Gasteiger partial charge in [0.05, 0.1) is 11.9 Å². The lowest BCUT2D eigenvalue weighted by molar-refractivity contribution is -0.389. The Labute approximate surface area is 132 Å². The van der Waals surface area contributed by atoms with Crippen LogP contribution in [-0.2, 0) is 11.3 Å². The maximum absolute atomic E-state index is 11.8. The number of carbonyl (C=O) groups is 1.